The fourth-order valence-electron chi connectivity index (χ4n) is 1.74. The van der Waals surface area contributed by atoms with Gasteiger partial charge in [-0.15, -0.1) is 0 Å². The molecule has 3 rings (SSSR count). The number of thiazole rings is 1. The first-order valence-electron chi connectivity index (χ1n) is 5.41. The lowest BCUT2D eigenvalue weighted by atomic mass is 10.1. The molecule has 0 spiro atoms. The molecule has 0 unspecified atom stereocenters. The van der Waals surface area contributed by atoms with Crippen LogP contribution in [0, 0.1) is 10.1 Å². The Hall–Kier alpha value is -2.54. The van der Waals surface area contributed by atoms with E-state index in [1.54, 1.807) is 12.3 Å². The highest BCUT2D eigenvalue weighted by atomic mass is 32.1. The van der Waals surface area contributed by atoms with E-state index in [1.165, 1.54) is 23.5 Å². The van der Waals surface area contributed by atoms with Crippen molar-refractivity contribution in [3.05, 3.63) is 46.6 Å². The number of hydrogen-bond acceptors (Lipinski definition) is 6. The second-order valence-electron chi connectivity index (χ2n) is 3.88. The molecule has 2 heterocycles. The maximum Gasteiger partial charge on any atom is 0.271 e. The van der Waals surface area contributed by atoms with Crippen LogP contribution < -0.4 is 5.73 Å². The molecule has 0 radical (unpaired) electrons. The molecule has 0 fully saturated rings. The number of fused-ring (bicyclic) bond motifs is 1. The number of aromatic nitrogens is 2. The second-order valence-corrected chi connectivity index (χ2v) is 4.85. The van der Waals surface area contributed by atoms with E-state index >= 15 is 0 Å². The van der Waals surface area contributed by atoms with Crippen LogP contribution >= 0.6 is 11.3 Å². The maximum absolute atomic E-state index is 10.7. The summed E-state index contributed by atoms with van der Waals surface area (Å²) in [4.78, 5) is 19.6. The van der Waals surface area contributed by atoms with Gasteiger partial charge in [0.1, 0.15) is 15.4 Å². The van der Waals surface area contributed by atoms with E-state index in [0.29, 0.717) is 16.3 Å². The van der Waals surface area contributed by atoms with E-state index in [1.807, 2.05) is 12.1 Å². The van der Waals surface area contributed by atoms with Crippen molar-refractivity contribution in [3.8, 4) is 10.6 Å². The number of hydrogen-bond donors (Lipinski definition) is 1. The van der Waals surface area contributed by atoms with Gasteiger partial charge in [-0.25, -0.2) is 9.97 Å². The van der Waals surface area contributed by atoms with Crippen LogP contribution in [0.1, 0.15) is 0 Å². The monoisotopic (exact) mass is 272 g/mol. The number of nitrogens with zero attached hydrogens (tertiary/aromatic N) is 3. The molecule has 2 aromatic heterocycles. The molecule has 94 valence electrons. The fourth-order valence-corrected chi connectivity index (χ4v) is 2.70. The Morgan fingerprint density at radius 1 is 1.32 bits per heavy atom. The number of nitro benzene ring substituents is 1. The Morgan fingerprint density at radius 3 is 2.84 bits per heavy atom. The zero-order chi connectivity index (χ0) is 13.4. The van der Waals surface area contributed by atoms with E-state index in [2.05, 4.69) is 9.97 Å². The summed E-state index contributed by atoms with van der Waals surface area (Å²) < 4.78 is 0. The van der Waals surface area contributed by atoms with E-state index in [0.717, 1.165) is 10.3 Å². The molecular weight excluding hydrogens is 264 g/mol. The highest BCUT2D eigenvalue weighted by Gasteiger charge is 2.13. The Kier molecular flexibility index (Phi) is 2.60. The lowest BCUT2D eigenvalue weighted by Gasteiger charge is -2.01. The van der Waals surface area contributed by atoms with Crippen molar-refractivity contribution in [1.29, 1.82) is 0 Å². The van der Waals surface area contributed by atoms with Crippen molar-refractivity contribution in [2.24, 2.45) is 0 Å². The first kappa shape index (κ1) is 11.5. The van der Waals surface area contributed by atoms with Crippen LogP contribution in [0.3, 0.4) is 0 Å². The van der Waals surface area contributed by atoms with Crippen LogP contribution in [0.5, 0.6) is 0 Å². The maximum atomic E-state index is 10.7. The van der Waals surface area contributed by atoms with E-state index in [9.17, 15) is 10.1 Å². The molecule has 7 heteroatoms. The average Bonchev–Trinajstić information content (AvgIpc) is 2.81. The number of nitrogen functional groups attached to an aromatic ring is 1. The molecule has 6 nitrogen and oxygen atoms in total. The first-order chi connectivity index (χ1) is 9.15. The predicted octanol–water partition coefficient (Wildman–Crippen LogP) is 2.85. The minimum Gasteiger partial charge on any atom is -0.398 e. The van der Waals surface area contributed by atoms with Crippen LogP contribution in [0.2, 0.25) is 0 Å². The Morgan fingerprint density at radius 2 is 2.16 bits per heavy atom. The van der Waals surface area contributed by atoms with Gasteiger partial charge in [-0.3, -0.25) is 10.1 Å². The van der Waals surface area contributed by atoms with Gasteiger partial charge in [-0.2, -0.15) is 0 Å². The molecular formula is C12H8N4O2S. The van der Waals surface area contributed by atoms with Crippen molar-refractivity contribution in [1.82, 2.24) is 9.97 Å². The second kappa shape index (κ2) is 4.29. The topological polar surface area (TPSA) is 94.9 Å². The third kappa shape index (κ3) is 2.00. The molecule has 0 aliphatic rings. The van der Waals surface area contributed by atoms with Crippen molar-refractivity contribution >= 4 is 33.1 Å². The lowest BCUT2D eigenvalue weighted by Crippen LogP contribution is -1.93. The van der Waals surface area contributed by atoms with Gasteiger partial charge in [0.05, 0.1) is 4.92 Å². The van der Waals surface area contributed by atoms with Gasteiger partial charge in [0.2, 0.25) is 0 Å². The largest absolute Gasteiger partial charge is 0.398 e. The summed E-state index contributed by atoms with van der Waals surface area (Å²) in [5.74, 6) is 0. The quantitative estimate of drug-likeness (QED) is 0.439. The number of nitro groups is 1. The third-order valence-corrected chi connectivity index (χ3v) is 3.66. The van der Waals surface area contributed by atoms with Crippen molar-refractivity contribution in [2.45, 2.75) is 0 Å². The van der Waals surface area contributed by atoms with Gasteiger partial charge in [0.25, 0.3) is 5.69 Å². The first-order valence-corrected chi connectivity index (χ1v) is 6.22. The van der Waals surface area contributed by atoms with Gasteiger partial charge < -0.3 is 5.73 Å². The zero-order valence-corrected chi connectivity index (χ0v) is 10.4. The van der Waals surface area contributed by atoms with Gasteiger partial charge in [-0.05, 0) is 18.2 Å². The van der Waals surface area contributed by atoms with Crippen molar-refractivity contribution in [3.63, 3.8) is 0 Å². The average molecular weight is 272 g/mol. The van der Waals surface area contributed by atoms with E-state index in [-0.39, 0.29) is 5.69 Å². The van der Waals surface area contributed by atoms with Gasteiger partial charge in [0, 0.05) is 29.6 Å². The lowest BCUT2D eigenvalue weighted by molar-refractivity contribution is -0.384. The summed E-state index contributed by atoms with van der Waals surface area (Å²) in [6.07, 6.45) is 1.70. The smallest absolute Gasteiger partial charge is 0.271 e. The zero-order valence-electron chi connectivity index (χ0n) is 9.61. The summed E-state index contributed by atoms with van der Waals surface area (Å²) in [7, 11) is 0. The molecule has 0 saturated heterocycles. The molecule has 2 N–H and O–H groups in total. The molecule has 0 aliphatic heterocycles. The molecule has 3 aromatic rings. The Balaban J connectivity index is 2.13. The van der Waals surface area contributed by atoms with Crippen LogP contribution in [0.25, 0.3) is 20.9 Å². The molecule has 19 heavy (non-hydrogen) atoms. The minimum atomic E-state index is -0.472. The third-order valence-electron chi connectivity index (χ3n) is 2.64. The number of benzene rings is 1. The van der Waals surface area contributed by atoms with Gasteiger partial charge in [0.15, 0.2) is 0 Å². The van der Waals surface area contributed by atoms with Crippen LogP contribution in [0.4, 0.5) is 11.4 Å². The molecule has 1 aromatic carbocycles. The molecule has 0 aliphatic carbocycles. The number of pyridine rings is 1. The summed E-state index contributed by atoms with van der Waals surface area (Å²) in [6, 6.07) is 8.06. The summed E-state index contributed by atoms with van der Waals surface area (Å²) in [5.41, 5.74) is 7.65. The van der Waals surface area contributed by atoms with Gasteiger partial charge >= 0.3 is 0 Å². The normalized spacial score (nSPS) is 10.7. The summed E-state index contributed by atoms with van der Waals surface area (Å²) >= 11 is 1.41. The van der Waals surface area contributed by atoms with Crippen LogP contribution in [-0.2, 0) is 0 Å². The Labute approximate surface area is 111 Å². The Bertz CT molecular complexity index is 751. The number of rotatable bonds is 2. The predicted molar refractivity (Wildman–Crippen MR) is 73.9 cm³/mol. The number of anilines is 1. The van der Waals surface area contributed by atoms with Crippen LogP contribution in [0.15, 0.2) is 36.5 Å². The highest BCUT2D eigenvalue weighted by molar-refractivity contribution is 7.21. The standard InChI is InChI=1S/C12H8N4O2S/c13-9-6-7(16(17)18)3-4-8(9)11-15-10-2-1-5-14-12(10)19-11/h1-6H,13H2. The van der Waals surface area contributed by atoms with Gasteiger partial charge in [-0.1, -0.05) is 11.3 Å². The summed E-state index contributed by atoms with van der Waals surface area (Å²) in [6.45, 7) is 0. The molecule has 0 atom stereocenters. The highest BCUT2D eigenvalue weighted by Crippen LogP contribution is 2.34. The van der Waals surface area contributed by atoms with E-state index in [4.69, 9.17) is 5.73 Å². The summed E-state index contributed by atoms with van der Waals surface area (Å²) in [5, 5.41) is 11.4. The fraction of sp³-hybridized carbons (Fsp3) is 0. The SMILES string of the molecule is Nc1cc([N+](=O)[O-])ccc1-c1nc2cccnc2s1. The van der Waals surface area contributed by atoms with Crippen molar-refractivity contribution < 1.29 is 4.92 Å². The molecule has 0 saturated carbocycles. The van der Waals surface area contributed by atoms with E-state index < -0.39 is 4.92 Å². The van der Waals surface area contributed by atoms with Crippen molar-refractivity contribution in [2.75, 3.05) is 5.73 Å². The molecule has 0 bridgehead atoms. The number of non-ortho nitro benzene ring substituents is 1. The molecule has 0 amide bonds. The number of nitrogens with two attached hydrogens (primary N) is 1. The minimum absolute atomic E-state index is 0.0273. The van der Waals surface area contributed by atoms with Crippen LogP contribution in [-0.4, -0.2) is 14.9 Å².